The van der Waals surface area contributed by atoms with Crippen LogP contribution in [0.15, 0.2) is 18.2 Å². The first kappa shape index (κ1) is 18.3. The quantitative estimate of drug-likeness (QED) is 0.781. The Morgan fingerprint density at radius 2 is 2.00 bits per heavy atom. The fourth-order valence-corrected chi connectivity index (χ4v) is 2.81. The molecule has 21 heavy (non-hydrogen) atoms. The van der Waals surface area contributed by atoms with Gasteiger partial charge in [0.05, 0.1) is 18.2 Å². The molecule has 0 saturated heterocycles. The Morgan fingerprint density at radius 1 is 1.33 bits per heavy atom. The summed E-state index contributed by atoms with van der Waals surface area (Å²) in [5, 5.41) is 4.34. The summed E-state index contributed by atoms with van der Waals surface area (Å²) < 4.78 is 5.37. The minimum absolute atomic E-state index is 0.0218. The number of methoxy groups -OCH3 is 1. The molecule has 0 bridgehead atoms. The van der Waals surface area contributed by atoms with E-state index in [2.05, 4.69) is 51.1 Å². The van der Waals surface area contributed by atoms with Gasteiger partial charge in [-0.1, -0.05) is 31.5 Å². The SMILES string of the molecule is CCCNC(c1ccc(Cl)c(OC)c1)C(C)(CC)N(C)C. The van der Waals surface area contributed by atoms with Crippen LogP contribution in [0, 0.1) is 0 Å². The van der Waals surface area contributed by atoms with Gasteiger partial charge >= 0.3 is 0 Å². The zero-order chi connectivity index (χ0) is 16.0. The minimum Gasteiger partial charge on any atom is -0.495 e. The van der Waals surface area contributed by atoms with E-state index in [0.29, 0.717) is 5.02 Å². The molecule has 0 amide bonds. The molecule has 120 valence electrons. The number of hydrogen-bond donors (Lipinski definition) is 1. The highest BCUT2D eigenvalue weighted by Crippen LogP contribution is 2.36. The third-order valence-electron chi connectivity index (χ3n) is 4.47. The second kappa shape index (κ2) is 8.02. The van der Waals surface area contributed by atoms with Gasteiger partial charge in [-0.3, -0.25) is 0 Å². The molecule has 0 spiro atoms. The smallest absolute Gasteiger partial charge is 0.137 e. The van der Waals surface area contributed by atoms with Gasteiger partial charge in [-0.25, -0.2) is 0 Å². The summed E-state index contributed by atoms with van der Waals surface area (Å²) in [6.45, 7) is 7.69. The second-order valence-electron chi connectivity index (χ2n) is 5.89. The van der Waals surface area contributed by atoms with Crippen LogP contribution in [0.5, 0.6) is 5.75 Å². The van der Waals surface area contributed by atoms with Gasteiger partial charge in [0.25, 0.3) is 0 Å². The summed E-state index contributed by atoms with van der Waals surface area (Å²) in [6, 6.07) is 6.29. The molecule has 0 radical (unpaired) electrons. The topological polar surface area (TPSA) is 24.5 Å². The van der Waals surface area contributed by atoms with Crippen molar-refractivity contribution in [2.75, 3.05) is 27.7 Å². The lowest BCUT2D eigenvalue weighted by molar-refractivity contribution is 0.112. The first-order valence-electron chi connectivity index (χ1n) is 7.64. The van der Waals surface area contributed by atoms with E-state index in [1.807, 2.05) is 12.1 Å². The molecule has 0 aliphatic rings. The summed E-state index contributed by atoms with van der Waals surface area (Å²) in [5.41, 5.74) is 1.23. The first-order chi connectivity index (χ1) is 9.90. The standard InChI is InChI=1S/C17H29ClN2O/c1-7-11-19-16(17(3,8-2)20(4)5)13-9-10-14(18)15(12-13)21-6/h9-10,12,16,19H,7-8,11H2,1-6H3. The van der Waals surface area contributed by atoms with Gasteiger partial charge in [0, 0.05) is 5.54 Å². The number of rotatable bonds is 8. The minimum atomic E-state index is 0.0218. The fraction of sp³-hybridized carbons (Fsp3) is 0.647. The molecule has 0 aliphatic carbocycles. The highest BCUT2D eigenvalue weighted by molar-refractivity contribution is 6.32. The van der Waals surface area contributed by atoms with Gasteiger partial charge in [-0.05, 0) is 58.1 Å². The zero-order valence-electron chi connectivity index (χ0n) is 14.2. The van der Waals surface area contributed by atoms with Crippen molar-refractivity contribution in [3.63, 3.8) is 0 Å². The van der Waals surface area contributed by atoms with Crippen molar-refractivity contribution in [3.8, 4) is 5.75 Å². The van der Waals surface area contributed by atoms with Crippen molar-refractivity contribution in [1.29, 1.82) is 0 Å². The maximum absolute atomic E-state index is 6.16. The number of ether oxygens (including phenoxy) is 1. The normalized spacial score (nSPS) is 15.8. The van der Waals surface area contributed by atoms with Crippen LogP contribution in [0.4, 0.5) is 0 Å². The van der Waals surface area contributed by atoms with Gasteiger partial charge in [0.15, 0.2) is 0 Å². The molecular formula is C17H29ClN2O. The van der Waals surface area contributed by atoms with Crippen molar-refractivity contribution >= 4 is 11.6 Å². The predicted octanol–water partition coefficient (Wildman–Crippen LogP) is 4.12. The maximum atomic E-state index is 6.16. The van der Waals surface area contributed by atoms with Crippen LogP contribution in [0.3, 0.4) is 0 Å². The fourth-order valence-electron chi connectivity index (χ4n) is 2.62. The third kappa shape index (κ3) is 4.12. The summed E-state index contributed by atoms with van der Waals surface area (Å²) in [7, 11) is 5.93. The van der Waals surface area contributed by atoms with Crippen LogP contribution >= 0.6 is 11.6 Å². The number of nitrogens with one attached hydrogen (secondary N) is 1. The van der Waals surface area contributed by atoms with Crippen LogP contribution in [0.2, 0.25) is 5.02 Å². The molecule has 1 N–H and O–H groups in total. The van der Waals surface area contributed by atoms with Gasteiger partial charge in [0.2, 0.25) is 0 Å². The second-order valence-corrected chi connectivity index (χ2v) is 6.29. The monoisotopic (exact) mass is 312 g/mol. The molecule has 0 aliphatic heterocycles. The predicted molar refractivity (Wildman–Crippen MR) is 91.4 cm³/mol. The zero-order valence-corrected chi connectivity index (χ0v) is 14.9. The van der Waals surface area contributed by atoms with E-state index in [4.69, 9.17) is 16.3 Å². The molecule has 1 aromatic rings. The van der Waals surface area contributed by atoms with E-state index in [-0.39, 0.29) is 11.6 Å². The van der Waals surface area contributed by atoms with E-state index in [9.17, 15) is 0 Å². The van der Waals surface area contributed by atoms with E-state index in [1.165, 1.54) is 5.56 Å². The molecular weight excluding hydrogens is 284 g/mol. The van der Waals surface area contributed by atoms with E-state index >= 15 is 0 Å². The van der Waals surface area contributed by atoms with Crippen LogP contribution in [-0.2, 0) is 0 Å². The average molecular weight is 313 g/mol. The lowest BCUT2D eigenvalue weighted by Gasteiger charge is -2.43. The molecule has 4 heteroatoms. The molecule has 3 nitrogen and oxygen atoms in total. The lowest BCUT2D eigenvalue weighted by Crippen LogP contribution is -2.51. The van der Waals surface area contributed by atoms with Crippen molar-refractivity contribution < 1.29 is 4.74 Å². The molecule has 2 unspecified atom stereocenters. The molecule has 1 rings (SSSR count). The van der Waals surface area contributed by atoms with Gasteiger partial charge in [-0.2, -0.15) is 0 Å². The Bertz CT molecular complexity index is 450. The Labute approximate surface area is 134 Å². The Kier molecular flexibility index (Phi) is 6.98. The van der Waals surface area contributed by atoms with Crippen molar-refractivity contribution in [2.24, 2.45) is 0 Å². The highest BCUT2D eigenvalue weighted by atomic mass is 35.5. The Morgan fingerprint density at radius 3 is 2.48 bits per heavy atom. The molecule has 1 aromatic carbocycles. The number of hydrogen-bond acceptors (Lipinski definition) is 3. The van der Waals surface area contributed by atoms with Gasteiger partial charge in [0.1, 0.15) is 5.75 Å². The number of halogens is 1. The first-order valence-corrected chi connectivity index (χ1v) is 8.02. The van der Waals surface area contributed by atoms with Crippen LogP contribution in [0.1, 0.15) is 45.2 Å². The highest BCUT2D eigenvalue weighted by Gasteiger charge is 2.35. The molecule has 0 heterocycles. The van der Waals surface area contributed by atoms with Gasteiger partial charge in [-0.15, -0.1) is 0 Å². The van der Waals surface area contributed by atoms with E-state index in [1.54, 1.807) is 7.11 Å². The van der Waals surface area contributed by atoms with Crippen LogP contribution < -0.4 is 10.1 Å². The number of nitrogens with zero attached hydrogens (tertiary/aromatic N) is 1. The molecule has 0 aromatic heterocycles. The third-order valence-corrected chi connectivity index (χ3v) is 4.78. The lowest BCUT2D eigenvalue weighted by atomic mass is 9.83. The summed E-state index contributed by atoms with van der Waals surface area (Å²) in [6.07, 6.45) is 2.15. The summed E-state index contributed by atoms with van der Waals surface area (Å²) >= 11 is 6.16. The number of likely N-dealkylation sites (N-methyl/N-ethyl adjacent to an activating group) is 1. The van der Waals surface area contributed by atoms with Crippen molar-refractivity contribution in [1.82, 2.24) is 10.2 Å². The molecule has 0 fully saturated rings. The van der Waals surface area contributed by atoms with E-state index < -0.39 is 0 Å². The largest absolute Gasteiger partial charge is 0.495 e. The van der Waals surface area contributed by atoms with Crippen molar-refractivity contribution in [3.05, 3.63) is 28.8 Å². The van der Waals surface area contributed by atoms with E-state index in [0.717, 1.165) is 25.1 Å². The maximum Gasteiger partial charge on any atom is 0.137 e. The Hall–Kier alpha value is -0.770. The average Bonchev–Trinajstić information content (AvgIpc) is 2.48. The summed E-state index contributed by atoms with van der Waals surface area (Å²) in [4.78, 5) is 2.29. The van der Waals surface area contributed by atoms with Crippen molar-refractivity contribution in [2.45, 2.75) is 45.2 Å². The number of benzene rings is 1. The van der Waals surface area contributed by atoms with Gasteiger partial charge < -0.3 is 15.0 Å². The summed E-state index contributed by atoms with van der Waals surface area (Å²) in [5.74, 6) is 0.731. The molecule has 0 saturated carbocycles. The molecule has 2 atom stereocenters. The van der Waals surface area contributed by atoms with Crippen LogP contribution in [-0.4, -0.2) is 38.2 Å². The van der Waals surface area contributed by atoms with Crippen LogP contribution in [0.25, 0.3) is 0 Å². The Balaban J connectivity index is 3.24.